The minimum Gasteiger partial charge on any atom is -0.481 e. The van der Waals surface area contributed by atoms with E-state index in [9.17, 15) is 4.79 Å². The van der Waals surface area contributed by atoms with Crippen LogP contribution in [0, 0.1) is 17.3 Å². The van der Waals surface area contributed by atoms with E-state index in [2.05, 4.69) is 0 Å². The number of hydrogen-bond acceptors (Lipinski definition) is 2. The van der Waals surface area contributed by atoms with Crippen molar-refractivity contribution in [3.63, 3.8) is 0 Å². The third kappa shape index (κ3) is 2.02. The lowest BCUT2D eigenvalue weighted by molar-refractivity contribution is -0.139. The van der Waals surface area contributed by atoms with E-state index in [4.69, 9.17) is 9.84 Å². The van der Waals surface area contributed by atoms with E-state index in [1.807, 2.05) is 20.8 Å². The van der Waals surface area contributed by atoms with Crippen molar-refractivity contribution < 1.29 is 14.6 Å². The van der Waals surface area contributed by atoms with Gasteiger partial charge in [-0.15, -0.1) is 0 Å². The van der Waals surface area contributed by atoms with E-state index in [1.165, 1.54) is 0 Å². The molecule has 0 amide bonds. The second-order valence-corrected chi connectivity index (χ2v) is 4.32. The lowest BCUT2D eigenvalue weighted by atomic mass is 10.1. The summed E-state index contributed by atoms with van der Waals surface area (Å²) in [6, 6.07) is 0. The molecule has 3 heteroatoms. The van der Waals surface area contributed by atoms with E-state index in [1.54, 1.807) is 0 Å². The Morgan fingerprint density at radius 2 is 2.15 bits per heavy atom. The van der Waals surface area contributed by atoms with Crippen molar-refractivity contribution in [2.45, 2.75) is 27.2 Å². The Morgan fingerprint density at radius 1 is 1.54 bits per heavy atom. The molecule has 0 radical (unpaired) electrons. The summed E-state index contributed by atoms with van der Waals surface area (Å²) in [5.74, 6) is -0.684. The minimum absolute atomic E-state index is 0.0699. The first-order valence-electron chi connectivity index (χ1n) is 4.82. The fraction of sp³-hybridized carbons (Fsp3) is 0.900. The molecule has 1 aliphatic rings. The lowest BCUT2D eigenvalue weighted by Gasteiger charge is -2.02. The van der Waals surface area contributed by atoms with Gasteiger partial charge in [-0.25, -0.2) is 0 Å². The van der Waals surface area contributed by atoms with Gasteiger partial charge in [0.15, 0.2) is 0 Å². The highest BCUT2D eigenvalue weighted by Crippen LogP contribution is 2.58. The molecule has 2 atom stereocenters. The van der Waals surface area contributed by atoms with Gasteiger partial charge < -0.3 is 9.84 Å². The average molecular weight is 186 g/mol. The molecule has 0 aromatic rings. The summed E-state index contributed by atoms with van der Waals surface area (Å²) < 4.78 is 5.36. The van der Waals surface area contributed by atoms with Crippen LogP contribution in [0.1, 0.15) is 27.2 Å². The van der Waals surface area contributed by atoms with Gasteiger partial charge >= 0.3 is 5.97 Å². The molecule has 3 nitrogen and oxygen atoms in total. The van der Waals surface area contributed by atoms with Gasteiger partial charge in [-0.3, -0.25) is 4.79 Å². The van der Waals surface area contributed by atoms with E-state index in [0.717, 1.165) is 13.0 Å². The van der Waals surface area contributed by atoms with Gasteiger partial charge in [-0.05, 0) is 11.8 Å². The molecule has 0 heterocycles. The van der Waals surface area contributed by atoms with Crippen molar-refractivity contribution >= 4 is 5.97 Å². The van der Waals surface area contributed by atoms with Gasteiger partial charge in [0.25, 0.3) is 0 Å². The van der Waals surface area contributed by atoms with Gasteiger partial charge in [-0.2, -0.15) is 0 Å². The first kappa shape index (κ1) is 10.5. The summed E-state index contributed by atoms with van der Waals surface area (Å²) in [5.41, 5.74) is -0.0699. The maximum absolute atomic E-state index is 10.8. The van der Waals surface area contributed by atoms with Gasteiger partial charge in [0, 0.05) is 12.5 Å². The molecule has 1 N–H and O–H groups in total. The summed E-state index contributed by atoms with van der Waals surface area (Å²) in [6.07, 6.45) is 0.991. The fourth-order valence-corrected chi connectivity index (χ4v) is 1.90. The molecule has 1 unspecified atom stereocenters. The predicted molar refractivity (Wildman–Crippen MR) is 49.5 cm³/mol. The van der Waals surface area contributed by atoms with Crippen LogP contribution < -0.4 is 0 Å². The molecule has 1 rings (SSSR count). The van der Waals surface area contributed by atoms with Crippen molar-refractivity contribution in [1.82, 2.24) is 0 Å². The topological polar surface area (TPSA) is 46.5 Å². The highest BCUT2D eigenvalue weighted by Gasteiger charge is 2.61. The molecule has 1 fully saturated rings. The monoisotopic (exact) mass is 186 g/mol. The normalized spacial score (nSPS) is 30.1. The molecule has 0 saturated heterocycles. The van der Waals surface area contributed by atoms with Crippen molar-refractivity contribution in [2.24, 2.45) is 17.3 Å². The van der Waals surface area contributed by atoms with Gasteiger partial charge in [0.2, 0.25) is 0 Å². The first-order valence-corrected chi connectivity index (χ1v) is 4.82. The highest BCUT2D eigenvalue weighted by atomic mass is 16.5. The number of ether oxygens (including phenoxy) is 1. The first-order chi connectivity index (χ1) is 6.01. The summed E-state index contributed by atoms with van der Waals surface area (Å²) in [4.78, 5) is 10.8. The Balaban J connectivity index is 2.33. The standard InChI is InChI=1S/C10H18O3/c1-4-5-13-6-7-8(9(11)12)10(7,2)3/h7-8H,4-6H2,1-3H3,(H,11,12)/t7?,8-/m0/s1. The molecule has 0 bridgehead atoms. The molecule has 1 saturated carbocycles. The van der Waals surface area contributed by atoms with E-state index in [0.29, 0.717) is 6.61 Å². The number of carbonyl (C=O) groups is 1. The van der Waals surface area contributed by atoms with Gasteiger partial charge in [0.1, 0.15) is 0 Å². The predicted octanol–water partition coefficient (Wildman–Crippen LogP) is 1.77. The molecular weight excluding hydrogens is 168 g/mol. The Morgan fingerprint density at radius 3 is 2.54 bits per heavy atom. The molecular formula is C10H18O3. The third-order valence-electron chi connectivity index (χ3n) is 2.96. The zero-order chi connectivity index (χ0) is 10.1. The van der Waals surface area contributed by atoms with Crippen LogP contribution >= 0.6 is 0 Å². The number of aliphatic carboxylic acids is 1. The van der Waals surface area contributed by atoms with Crippen LogP contribution in [0.2, 0.25) is 0 Å². The smallest absolute Gasteiger partial charge is 0.307 e. The van der Waals surface area contributed by atoms with Crippen molar-refractivity contribution in [1.29, 1.82) is 0 Å². The third-order valence-corrected chi connectivity index (χ3v) is 2.96. The fourth-order valence-electron chi connectivity index (χ4n) is 1.90. The molecule has 13 heavy (non-hydrogen) atoms. The van der Waals surface area contributed by atoms with Crippen LogP contribution in [0.15, 0.2) is 0 Å². The van der Waals surface area contributed by atoms with Crippen LogP contribution in [0.5, 0.6) is 0 Å². The zero-order valence-electron chi connectivity index (χ0n) is 8.54. The van der Waals surface area contributed by atoms with Crippen molar-refractivity contribution in [3.05, 3.63) is 0 Å². The quantitative estimate of drug-likeness (QED) is 0.665. The van der Waals surface area contributed by atoms with Crippen LogP contribution in [0.25, 0.3) is 0 Å². The van der Waals surface area contributed by atoms with E-state index in [-0.39, 0.29) is 17.3 Å². The second-order valence-electron chi connectivity index (χ2n) is 4.32. The maximum Gasteiger partial charge on any atom is 0.307 e. The van der Waals surface area contributed by atoms with Crippen LogP contribution in [0.3, 0.4) is 0 Å². The lowest BCUT2D eigenvalue weighted by Crippen LogP contribution is -2.04. The molecule has 0 spiro atoms. The second kappa shape index (κ2) is 3.66. The number of rotatable bonds is 5. The van der Waals surface area contributed by atoms with Crippen molar-refractivity contribution in [2.75, 3.05) is 13.2 Å². The summed E-state index contributed by atoms with van der Waals surface area (Å²) >= 11 is 0. The number of hydrogen-bond donors (Lipinski definition) is 1. The molecule has 0 aromatic carbocycles. The Labute approximate surface area is 79.1 Å². The highest BCUT2D eigenvalue weighted by molar-refractivity contribution is 5.75. The average Bonchev–Trinajstić information content (AvgIpc) is 2.54. The van der Waals surface area contributed by atoms with E-state index < -0.39 is 5.97 Å². The molecule has 0 aliphatic heterocycles. The Bertz CT molecular complexity index is 198. The summed E-state index contributed by atoms with van der Waals surface area (Å²) in [6.45, 7) is 7.36. The molecule has 76 valence electrons. The van der Waals surface area contributed by atoms with Crippen LogP contribution in [0.4, 0.5) is 0 Å². The molecule has 1 aliphatic carbocycles. The van der Waals surface area contributed by atoms with Gasteiger partial charge in [0.05, 0.1) is 12.5 Å². The van der Waals surface area contributed by atoms with Crippen LogP contribution in [-0.2, 0) is 9.53 Å². The van der Waals surface area contributed by atoms with Gasteiger partial charge in [-0.1, -0.05) is 20.8 Å². The summed E-state index contributed by atoms with van der Waals surface area (Å²) in [5, 5.41) is 8.86. The SMILES string of the molecule is CCCOCC1[C@@H](C(=O)O)C1(C)C. The zero-order valence-corrected chi connectivity index (χ0v) is 8.54. The van der Waals surface area contributed by atoms with Crippen LogP contribution in [-0.4, -0.2) is 24.3 Å². The Hall–Kier alpha value is -0.570. The molecule has 0 aromatic heterocycles. The minimum atomic E-state index is -0.685. The van der Waals surface area contributed by atoms with Crippen molar-refractivity contribution in [3.8, 4) is 0 Å². The number of carboxylic acid groups (broad SMARTS) is 1. The van der Waals surface area contributed by atoms with E-state index >= 15 is 0 Å². The maximum atomic E-state index is 10.8. The summed E-state index contributed by atoms with van der Waals surface area (Å²) in [7, 11) is 0. The largest absolute Gasteiger partial charge is 0.481 e. The Kier molecular flexibility index (Phi) is 2.96. The number of carboxylic acids is 1.